The molecule has 0 aromatic heterocycles. The minimum absolute atomic E-state index is 0.0976. The largest absolute Gasteiger partial charge is 0.394 e. The summed E-state index contributed by atoms with van der Waals surface area (Å²) < 4.78 is 5.32. The second kappa shape index (κ2) is 5.23. The molecule has 0 aliphatic carbocycles. The second-order valence-corrected chi connectivity index (χ2v) is 4.55. The summed E-state index contributed by atoms with van der Waals surface area (Å²) in [7, 11) is 0. The summed E-state index contributed by atoms with van der Waals surface area (Å²) in [5, 5.41) is 31.2. The number of nitrogens with one attached hydrogen (secondary N) is 1. The highest BCUT2D eigenvalue weighted by atomic mass is 16.6. The molecule has 0 saturated carbocycles. The number of rotatable bonds is 2. The number of carbonyl (C=O) groups excluding carboxylic acids is 1. The molecule has 5 atom stereocenters. The van der Waals surface area contributed by atoms with Crippen molar-refractivity contribution in [3.05, 3.63) is 12.2 Å². The molecule has 1 fully saturated rings. The molecule has 0 bridgehead atoms. The summed E-state index contributed by atoms with van der Waals surface area (Å²) >= 11 is 0. The van der Waals surface area contributed by atoms with Gasteiger partial charge in [0.25, 0.3) is 0 Å². The Morgan fingerprint density at radius 3 is 2.83 bits per heavy atom. The first-order valence-corrected chi connectivity index (χ1v) is 5.91. The molecule has 7 nitrogen and oxygen atoms in total. The molecule has 1 unspecified atom stereocenters. The lowest BCUT2D eigenvalue weighted by Gasteiger charge is -2.28. The maximum absolute atomic E-state index is 11.9. The average molecular weight is 258 g/mol. The maximum Gasteiger partial charge on any atom is 0.320 e. The molecule has 0 aromatic carbocycles. The third-order valence-electron chi connectivity index (χ3n) is 3.16. The molecular formula is C11H18N2O5. The van der Waals surface area contributed by atoms with Gasteiger partial charge in [-0.05, 0) is 6.92 Å². The molecular weight excluding hydrogens is 240 g/mol. The first-order chi connectivity index (χ1) is 8.54. The van der Waals surface area contributed by atoms with Crippen LogP contribution in [0.1, 0.15) is 6.92 Å². The molecule has 4 N–H and O–H groups in total. The molecule has 18 heavy (non-hydrogen) atoms. The summed E-state index contributed by atoms with van der Waals surface area (Å²) in [6.45, 7) is 1.70. The fraction of sp³-hybridized carbons (Fsp3) is 0.727. The van der Waals surface area contributed by atoms with Gasteiger partial charge < -0.3 is 25.4 Å². The Morgan fingerprint density at radius 2 is 2.22 bits per heavy atom. The van der Waals surface area contributed by atoms with Gasteiger partial charge in [0, 0.05) is 12.6 Å². The molecule has 2 aliphatic heterocycles. The van der Waals surface area contributed by atoms with Gasteiger partial charge in [0.1, 0.15) is 18.3 Å². The standard InChI is InChI=1S/C11H18N2O5/c1-6-3-2-4-13(11(17)12-6)10-9(16)8(15)7(5-14)18-10/h2-3,6-10,14-16H,4-5H2,1H3,(H,12,17)/t6-,7-,8-,9-,10?/m1/s1. The van der Waals surface area contributed by atoms with Crippen LogP contribution in [-0.2, 0) is 4.74 Å². The van der Waals surface area contributed by atoms with Gasteiger partial charge in [0.15, 0.2) is 6.23 Å². The molecule has 0 aromatic rings. The zero-order chi connectivity index (χ0) is 13.3. The minimum atomic E-state index is -1.23. The minimum Gasteiger partial charge on any atom is -0.394 e. The number of amides is 2. The van der Waals surface area contributed by atoms with Crippen LogP contribution in [0.3, 0.4) is 0 Å². The van der Waals surface area contributed by atoms with Crippen LogP contribution in [0.5, 0.6) is 0 Å². The Hall–Kier alpha value is -1.15. The smallest absolute Gasteiger partial charge is 0.320 e. The first kappa shape index (κ1) is 13.3. The van der Waals surface area contributed by atoms with Gasteiger partial charge in [0.2, 0.25) is 0 Å². The summed E-state index contributed by atoms with van der Waals surface area (Å²) in [6.07, 6.45) is -0.627. The first-order valence-electron chi connectivity index (χ1n) is 5.91. The van der Waals surface area contributed by atoms with Gasteiger partial charge in [-0.15, -0.1) is 0 Å². The van der Waals surface area contributed by atoms with Crippen LogP contribution in [0.2, 0.25) is 0 Å². The van der Waals surface area contributed by atoms with Crippen LogP contribution < -0.4 is 5.32 Å². The zero-order valence-electron chi connectivity index (χ0n) is 10.1. The number of hydrogen-bond acceptors (Lipinski definition) is 5. The molecule has 2 rings (SSSR count). The van der Waals surface area contributed by atoms with Crippen LogP contribution in [0, 0.1) is 0 Å². The average Bonchev–Trinajstić information content (AvgIpc) is 2.51. The van der Waals surface area contributed by atoms with Crippen molar-refractivity contribution in [2.75, 3.05) is 13.2 Å². The lowest BCUT2D eigenvalue weighted by atomic mass is 10.1. The third kappa shape index (κ3) is 2.35. The van der Waals surface area contributed by atoms with Gasteiger partial charge in [-0.25, -0.2) is 4.79 Å². The van der Waals surface area contributed by atoms with E-state index in [1.54, 1.807) is 6.08 Å². The zero-order valence-corrected chi connectivity index (χ0v) is 10.1. The predicted octanol–water partition coefficient (Wildman–Crippen LogP) is -1.60. The highest BCUT2D eigenvalue weighted by molar-refractivity contribution is 5.75. The van der Waals surface area contributed by atoms with E-state index in [1.165, 1.54) is 4.90 Å². The molecule has 1 saturated heterocycles. The Morgan fingerprint density at radius 1 is 1.50 bits per heavy atom. The number of aliphatic hydroxyl groups is 3. The third-order valence-corrected chi connectivity index (χ3v) is 3.16. The van der Waals surface area contributed by atoms with E-state index in [0.29, 0.717) is 0 Å². The second-order valence-electron chi connectivity index (χ2n) is 4.55. The molecule has 102 valence electrons. The predicted molar refractivity (Wildman–Crippen MR) is 61.6 cm³/mol. The van der Waals surface area contributed by atoms with Crippen molar-refractivity contribution in [2.24, 2.45) is 0 Å². The van der Waals surface area contributed by atoms with E-state index in [9.17, 15) is 15.0 Å². The summed E-state index contributed by atoms with van der Waals surface area (Å²) in [6, 6.07) is -0.470. The Labute approximate surface area is 105 Å². The molecule has 0 radical (unpaired) electrons. The van der Waals surface area contributed by atoms with E-state index in [-0.39, 0.29) is 18.6 Å². The van der Waals surface area contributed by atoms with Crippen molar-refractivity contribution in [1.82, 2.24) is 10.2 Å². The molecule has 2 amide bonds. The van der Waals surface area contributed by atoms with Crippen molar-refractivity contribution in [3.8, 4) is 0 Å². The van der Waals surface area contributed by atoms with Crippen LogP contribution in [-0.4, -0.2) is 70.0 Å². The van der Waals surface area contributed by atoms with E-state index < -0.39 is 31.1 Å². The normalized spacial score (nSPS) is 40.8. The highest BCUT2D eigenvalue weighted by Gasteiger charge is 2.46. The lowest BCUT2D eigenvalue weighted by Crippen LogP contribution is -2.51. The van der Waals surface area contributed by atoms with Crippen LogP contribution in [0.4, 0.5) is 4.79 Å². The molecule has 2 heterocycles. The number of ether oxygens (including phenoxy) is 1. The molecule has 2 aliphatic rings. The Kier molecular flexibility index (Phi) is 3.86. The number of carbonyl (C=O) groups is 1. The maximum atomic E-state index is 11.9. The SMILES string of the molecule is C[C@@H]1C=CCN(C2O[C@H](CO)[C@@H](O)[C@H]2O)C(=O)N1. The van der Waals surface area contributed by atoms with Crippen LogP contribution in [0.15, 0.2) is 12.2 Å². The van der Waals surface area contributed by atoms with Gasteiger partial charge in [-0.2, -0.15) is 0 Å². The van der Waals surface area contributed by atoms with Gasteiger partial charge in [-0.3, -0.25) is 4.90 Å². The topological polar surface area (TPSA) is 102 Å². The van der Waals surface area contributed by atoms with E-state index in [0.717, 1.165) is 0 Å². The van der Waals surface area contributed by atoms with Gasteiger partial charge >= 0.3 is 6.03 Å². The van der Waals surface area contributed by atoms with E-state index >= 15 is 0 Å². The van der Waals surface area contributed by atoms with E-state index in [1.807, 2.05) is 13.0 Å². The van der Waals surface area contributed by atoms with E-state index in [2.05, 4.69) is 5.32 Å². The van der Waals surface area contributed by atoms with Crippen LogP contribution in [0.25, 0.3) is 0 Å². The van der Waals surface area contributed by atoms with Crippen molar-refractivity contribution in [3.63, 3.8) is 0 Å². The van der Waals surface area contributed by atoms with Crippen LogP contribution >= 0.6 is 0 Å². The van der Waals surface area contributed by atoms with Crippen molar-refractivity contribution in [2.45, 2.75) is 37.5 Å². The highest BCUT2D eigenvalue weighted by Crippen LogP contribution is 2.24. The molecule has 0 spiro atoms. The number of hydrogen-bond donors (Lipinski definition) is 4. The monoisotopic (exact) mass is 258 g/mol. The summed E-state index contributed by atoms with van der Waals surface area (Å²) in [5.74, 6) is 0. The fourth-order valence-electron chi connectivity index (χ4n) is 2.14. The summed E-state index contributed by atoms with van der Waals surface area (Å²) in [4.78, 5) is 13.2. The molecule has 7 heteroatoms. The van der Waals surface area contributed by atoms with E-state index in [4.69, 9.17) is 9.84 Å². The Bertz CT molecular complexity index is 348. The van der Waals surface area contributed by atoms with Crippen molar-refractivity contribution >= 4 is 6.03 Å². The summed E-state index contributed by atoms with van der Waals surface area (Å²) in [5.41, 5.74) is 0. The number of nitrogens with zero attached hydrogens (tertiary/aromatic N) is 1. The quantitative estimate of drug-likeness (QED) is 0.447. The Balaban J connectivity index is 2.11. The number of urea groups is 1. The van der Waals surface area contributed by atoms with Crippen molar-refractivity contribution in [1.29, 1.82) is 0 Å². The van der Waals surface area contributed by atoms with Gasteiger partial charge in [0.05, 0.1) is 6.61 Å². The fourth-order valence-corrected chi connectivity index (χ4v) is 2.14. The number of aliphatic hydroxyl groups excluding tert-OH is 3. The van der Waals surface area contributed by atoms with Gasteiger partial charge in [-0.1, -0.05) is 12.2 Å². The van der Waals surface area contributed by atoms with Crippen molar-refractivity contribution < 1.29 is 24.9 Å². The lowest BCUT2D eigenvalue weighted by molar-refractivity contribution is -0.0757.